The Morgan fingerprint density at radius 3 is 2.62 bits per heavy atom. The summed E-state index contributed by atoms with van der Waals surface area (Å²) in [6, 6.07) is 3.22. The number of alkyl halides is 3. The highest BCUT2D eigenvalue weighted by Gasteiger charge is 2.30. The monoisotopic (exact) mass is 245 g/mol. The van der Waals surface area contributed by atoms with Gasteiger partial charge in [0, 0.05) is 12.4 Å². The molecule has 16 heavy (non-hydrogen) atoms. The van der Waals surface area contributed by atoms with Crippen LogP contribution in [0.5, 0.6) is 0 Å². The first-order valence-corrected chi connectivity index (χ1v) is 4.71. The van der Waals surface area contributed by atoms with Gasteiger partial charge in [0.2, 0.25) is 0 Å². The highest BCUT2D eigenvalue weighted by Crippen LogP contribution is 2.30. The molecule has 0 unspecified atom stereocenters. The third kappa shape index (κ3) is 1.78. The van der Waals surface area contributed by atoms with E-state index in [0.29, 0.717) is 5.52 Å². The molecule has 0 aliphatic carbocycles. The van der Waals surface area contributed by atoms with Crippen LogP contribution >= 0.6 is 12.2 Å². The van der Waals surface area contributed by atoms with Crippen LogP contribution in [0.25, 0.3) is 10.9 Å². The number of benzene rings is 1. The lowest BCUT2D eigenvalue weighted by Gasteiger charge is -2.07. The Morgan fingerprint density at radius 1 is 1.31 bits per heavy atom. The van der Waals surface area contributed by atoms with E-state index in [1.807, 2.05) is 0 Å². The predicted octanol–water partition coefficient (Wildman–Crippen LogP) is 2.72. The zero-order chi connectivity index (χ0) is 11.9. The maximum atomic E-state index is 12.5. The molecule has 0 radical (unpaired) electrons. The zero-order valence-corrected chi connectivity index (χ0v) is 8.93. The summed E-state index contributed by atoms with van der Waals surface area (Å²) in [5.74, 6) is 0. The zero-order valence-electron chi connectivity index (χ0n) is 8.12. The van der Waals surface area contributed by atoms with Gasteiger partial charge in [-0.05, 0) is 18.2 Å². The van der Waals surface area contributed by atoms with Crippen molar-refractivity contribution in [3.63, 3.8) is 0 Å². The van der Waals surface area contributed by atoms with Crippen LogP contribution in [0.4, 0.5) is 13.2 Å². The lowest BCUT2D eigenvalue weighted by molar-refractivity contribution is -0.137. The van der Waals surface area contributed by atoms with Gasteiger partial charge < -0.3 is 0 Å². The van der Waals surface area contributed by atoms with Crippen LogP contribution in [-0.4, -0.2) is 15.0 Å². The highest BCUT2D eigenvalue weighted by atomic mass is 32.1. The van der Waals surface area contributed by atoms with Gasteiger partial charge in [-0.25, -0.2) is 4.68 Å². The van der Waals surface area contributed by atoms with Crippen LogP contribution in [0.2, 0.25) is 0 Å². The number of hydrogen-bond donors (Lipinski definition) is 0. The van der Waals surface area contributed by atoms with Crippen LogP contribution < -0.4 is 0 Å². The Morgan fingerprint density at radius 2 is 2.00 bits per heavy atom. The molecule has 1 heterocycles. The molecule has 0 atom stereocenters. The van der Waals surface area contributed by atoms with E-state index >= 15 is 0 Å². The number of aromatic nitrogens is 3. The van der Waals surface area contributed by atoms with Gasteiger partial charge in [0.05, 0.1) is 11.1 Å². The molecule has 0 saturated carbocycles. The van der Waals surface area contributed by atoms with Crippen LogP contribution in [0.1, 0.15) is 5.56 Å². The van der Waals surface area contributed by atoms with Crippen LogP contribution in [0, 0.1) is 4.64 Å². The van der Waals surface area contributed by atoms with Crippen molar-refractivity contribution in [1.29, 1.82) is 0 Å². The molecule has 0 fully saturated rings. The molecule has 0 spiro atoms. The Kier molecular flexibility index (Phi) is 2.42. The van der Waals surface area contributed by atoms with Gasteiger partial charge in [-0.3, -0.25) is 0 Å². The maximum Gasteiger partial charge on any atom is 0.416 e. The molecular formula is C9H6F3N3S. The summed E-state index contributed by atoms with van der Waals surface area (Å²) in [5.41, 5.74) is -0.379. The van der Waals surface area contributed by atoms with Crippen molar-refractivity contribution in [2.45, 2.75) is 6.18 Å². The summed E-state index contributed by atoms with van der Waals surface area (Å²) in [7, 11) is 1.54. The molecule has 1 aromatic carbocycles. The quantitative estimate of drug-likeness (QED) is 0.668. The molecule has 3 nitrogen and oxygen atoms in total. The first-order valence-electron chi connectivity index (χ1n) is 4.30. The van der Waals surface area contributed by atoms with E-state index in [1.165, 1.54) is 17.8 Å². The number of aryl methyl sites for hydroxylation is 1. The van der Waals surface area contributed by atoms with Crippen molar-refractivity contribution in [2.24, 2.45) is 7.05 Å². The van der Waals surface area contributed by atoms with E-state index in [9.17, 15) is 13.2 Å². The second kappa shape index (κ2) is 3.51. The number of nitrogens with zero attached hydrogens (tertiary/aromatic N) is 3. The fourth-order valence-corrected chi connectivity index (χ4v) is 1.50. The molecule has 0 saturated heterocycles. The molecule has 0 aliphatic heterocycles. The molecule has 2 rings (SSSR count). The number of halogens is 3. The first kappa shape index (κ1) is 11.0. The highest BCUT2D eigenvalue weighted by molar-refractivity contribution is 7.71. The smallest absolute Gasteiger partial charge is 0.238 e. The van der Waals surface area contributed by atoms with Gasteiger partial charge in [0.15, 0.2) is 0 Å². The van der Waals surface area contributed by atoms with Crippen LogP contribution in [0.15, 0.2) is 18.2 Å². The minimum atomic E-state index is -4.38. The topological polar surface area (TPSA) is 30.7 Å². The van der Waals surface area contributed by atoms with Crippen LogP contribution in [-0.2, 0) is 13.2 Å². The van der Waals surface area contributed by atoms with E-state index in [2.05, 4.69) is 10.3 Å². The van der Waals surface area contributed by atoms with E-state index in [4.69, 9.17) is 12.2 Å². The normalized spacial score (nSPS) is 12.0. The fourth-order valence-electron chi connectivity index (χ4n) is 1.30. The SMILES string of the molecule is Cn1nnc2ccc(C(F)(F)F)cc2c1=S. The molecule has 7 heteroatoms. The first-order chi connectivity index (χ1) is 7.39. The summed E-state index contributed by atoms with van der Waals surface area (Å²) < 4.78 is 38.9. The molecule has 0 amide bonds. The maximum absolute atomic E-state index is 12.5. The van der Waals surface area contributed by atoms with Crippen molar-refractivity contribution in [1.82, 2.24) is 15.0 Å². The van der Waals surface area contributed by atoms with E-state index in [0.717, 1.165) is 12.1 Å². The van der Waals surface area contributed by atoms with Gasteiger partial charge in [0.25, 0.3) is 0 Å². The van der Waals surface area contributed by atoms with Crippen molar-refractivity contribution < 1.29 is 13.2 Å². The fraction of sp³-hybridized carbons (Fsp3) is 0.222. The average Bonchev–Trinajstić information content (AvgIpc) is 2.22. The van der Waals surface area contributed by atoms with Gasteiger partial charge in [0.1, 0.15) is 4.64 Å². The summed E-state index contributed by atoms with van der Waals surface area (Å²) in [5, 5.41) is 7.70. The summed E-state index contributed by atoms with van der Waals surface area (Å²) >= 11 is 4.97. The molecule has 84 valence electrons. The Labute approximate surface area is 93.5 Å². The largest absolute Gasteiger partial charge is 0.416 e. The number of rotatable bonds is 0. The summed E-state index contributed by atoms with van der Waals surface area (Å²) in [6.45, 7) is 0. The lowest BCUT2D eigenvalue weighted by atomic mass is 10.1. The summed E-state index contributed by atoms with van der Waals surface area (Å²) in [6.07, 6.45) is -4.38. The van der Waals surface area contributed by atoms with Gasteiger partial charge in [-0.2, -0.15) is 13.2 Å². The van der Waals surface area contributed by atoms with Gasteiger partial charge in [-0.1, -0.05) is 17.4 Å². The minimum absolute atomic E-state index is 0.233. The van der Waals surface area contributed by atoms with Crippen molar-refractivity contribution in [2.75, 3.05) is 0 Å². The standard InChI is InChI=1S/C9H6F3N3S/c1-15-8(16)6-4-5(9(10,11)12)2-3-7(6)13-14-15/h2-4H,1H3. The molecule has 0 N–H and O–H groups in total. The molecule has 0 bridgehead atoms. The lowest BCUT2D eigenvalue weighted by Crippen LogP contribution is -2.06. The second-order valence-electron chi connectivity index (χ2n) is 3.25. The van der Waals surface area contributed by atoms with E-state index in [-0.39, 0.29) is 10.0 Å². The number of fused-ring (bicyclic) bond motifs is 1. The van der Waals surface area contributed by atoms with Gasteiger partial charge in [-0.15, -0.1) is 5.10 Å². The Hall–Kier alpha value is -1.50. The van der Waals surface area contributed by atoms with E-state index < -0.39 is 11.7 Å². The van der Waals surface area contributed by atoms with E-state index in [1.54, 1.807) is 0 Å². The number of hydrogen-bond acceptors (Lipinski definition) is 3. The van der Waals surface area contributed by atoms with Crippen LogP contribution in [0.3, 0.4) is 0 Å². The average molecular weight is 245 g/mol. The Balaban J connectivity index is 2.79. The second-order valence-corrected chi connectivity index (χ2v) is 3.63. The van der Waals surface area contributed by atoms with Crippen molar-refractivity contribution in [3.05, 3.63) is 28.4 Å². The molecule has 0 aliphatic rings. The molecule has 2 aromatic rings. The molecule has 1 aromatic heterocycles. The molecular weight excluding hydrogens is 239 g/mol. The minimum Gasteiger partial charge on any atom is -0.238 e. The van der Waals surface area contributed by atoms with Gasteiger partial charge >= 0.3 is 6.18 Å². The Bertz CT molecular complexity index is 603. The third-order valence-electron chi connectivity index (χ3n) is 2.13. The van der Waals surface area contributed by atoms with Crippen molar-refractivity contribution >= 4 is 23.1 Å². The van der Waals surface area contributed by atoms with Crippen molar-refractivity contribution in [3.8, 4) is 0 Å². The predicted molar refractivity (Wildman–Crippen MR) is 54.3 cm³/mol. The summed E-state index contributed by atoms with van der Waals surface area (Å²) in [4.78, 5) is 0. The third-order valence-corrected chi connectivity index (χ3v) is 2.62.